The molecule has 2 atom stereocenters. The van der Waals surface area contributed by atoms with Crippen LogP contribution in [0.3, 0.4) is 0 Å². The van der Waals surface area contributed by atoms with Gasteiger partial charge in [0.2, 0.25) is 0 Å². The van der Waals surface area contributed by atoms with Crippen molar-refractivity contribution in [2.24, 2.45) is 0 Å². The SMILES string of the molecule is CN(C)c1ccc(N2C(=S)N[C@@H](c3ccccn3)[C@@H]2c2ccc(-c3cc(C(=O)O)cc(C(=O)O)c3)o2)cc1. The number of carboxylic acids is 2. The molecular weight excluding hydrogens is 504 g/mol. The second kappa shape index (κ2) is 9.98. The van der Waals surface area contributed by atoms with Crippen LogP contribution in [0.25, 0.3) is 11.3 Å². The first-order valence-corrected chi connectivity index (χ1v) is 12.1. The van der Waals surface area contributed by atoms with Crippen LogP contribution in [0.15, 0.2) is 83.4 Å². The third-order valence-electron chi connectivity index (χ3n) is 6.37. The van der Waals surface area contributed by atoms with Crippen molar-refractivity contribution >= 4 is 40.6 Å². The van der Waals surface area contributed by atoms with Crippen molar-refractivity contribution < 1.29 is 24.2 Å². The van der Waals surface area contributed by atoms with E-state index in [0.717, 1.165) is 23.1 Å². The minimum absolute atomic E-state index is 0.143. The van der Waals surface area contributed by atoms with Crippen LogP contribution >= 0.6 is 12.2 Å². The van der Waals surface area contributed by atoms with Gasteiger partial charge in [-0.05, 0) is 78.9 Å². The molecule has 1 aliphatic rings. The Balaban J connectivity index is 1.60. The Labute approximate surface area is 224 Å². The minimum Gasteiger partial charge on any atom is -0.478 e. The van der Waals surface area contributed by atoms with Gasteiger partial charge in [-0.2, -0.15) is 0 Å². The summed E-state index contributed by atoms with van der Waals surface area (Å²) in [6, 6.07) is 20.3. The van der Waals surface area contributed by atoms with E-state index in [0.29, 0.717) is 22.2 Å². The highest BCUT2D eigenvalue weighted by Crippen LogP contribution is 2.43. The number of hydrogen-bond acceptors (Lipinski definition) is 6. The number of thiocarbonyl (C=S) groups is 1. The van der Waals surface area contributed by atoms with E-state index < -0.39 is 18.0 Å². The van der Waals surface area contributed by atoms with Gasteiger partial charge in [0, 0.05) is 37.2 Å². The molecule has 2 aromatic heterocycles. The molecular formula is C28H24N4O5S. The fraction of sp³-hybridized carbons (Fsp3) is 0.143. The number of rotatable bonds is 7. The maximum atomic E-state index is 11.6. The molecule has 0 saturated carbocycles. The Bertz CT molecular complexity index is 1490. The quantitative estimate of drug-likeness (QED) is 0.283. The van der Waals surface area contributed by atoms with Crippen LogP contribution in [-0.4, -0.2) is 46.3 Å². The minimum atomic E-state index is -1.23. The molecule has 0 bridgehead atoms. The van der Waals surface area contributed by atoms with Crippen molar-refractivity contribution in [2.75, 3.05) is 23.9 Å². The fourth-order valence-corrected chi connectivity index (χ4v) is 4.86. The number of nitrogens with one attached hydrogen (secondary N) is 1. The molecule has 3 N–H and O–H groups in total. The summed E-state index contributed by atoms with van der Waals surface area (Å²) in [5.41, 5.74) is 2.73. The van der Waals surface area contributed by atoms with Crippen molar-refractivity contribution in [2.45, 2.75) is 12.1 Å². The van der Waals surface area contributed by atoms with E-state index in [4.69, 9.17) is 16.6 Å². The van der Waals surface area contributed by atoms with Gasteiger partial charge in [0.05, 0.1) is 22.9 Å². The Hall–Kier alpha value is -4.70. The van der Waals surface area contributed by atoms with Gasteiger partial charge in [0.25, 0.3) is 0 Å². The van der Waals surface area contributed by atoms with Gasteiger partial charge >= 0.3 is 11.9 Å². The smallest absolute Gasteiger partial charge is 0.335 e. The van der Waals surface area contributed by atoms with Gasteiger partial charge in [0.1, 0.15) is 17.6 Å². The van der Waals surface area contributed by atoms with Crippen molar-refractivity contribution in [1.29, 1.82) is 0 Å². The number of carbonyl (C=O) groups is 2. The number of aromatic nitrogens is 1. The first kappa shape index (κ1) is 25.0. The van der Waals surface area contributed by atoms with Gasteiger partial charge in [-0.25, -0.2) is 9.59 Å². The number of anilines is 2. The summed E-state index contributed by atoms with van der Waals surface area (Å²) >= 11 is 5.76. The number of furan rings is 1. The Morgan fingerprint density at radius 2 is 1.66 bits per heavy atom. The summed E-state index contributed by atoms with van der Waals surface area (Å²) in [6.45, 7) is 0. The molecule has 1 saturated heterocycles. The molecule has 10 heteroatoms. The van der Waals surface area contributed by atoms with E-state index in [9.17, 15) is 19.8 Å². The highest BCUT2D eigenvalue weighted by molar-refractivity contribution is 7.80. The zero-order chi connectivity index (χ0) is 27.0. The zero-order valence-electron chi connectivity index (χ0n) is 20.5. The van der Waals surface area contributed by atoms with Crippen molar-refractivity contribution in [3.05, 3.63) is 102 Å². The molecule has 1 fully saturated rings. The van der Waals surface area contributed by atoms with Gasteiger partial charge in [-0.1, -0.05) is 6.07 Å². The van der Waals surface area contributed by atoms with Crippen molar-refractivity contribution in [3.8, 4) is 11.3 Å². The summed E-state index contributed by atoms with van der Waals surface area (Å²) in [7, 11) is 3.94. The van der Waals surface area contributed by atoms with E-state index in [-0.39, 0.29) is 17.2 Å². The van der Waals surface area contributed by atoms with Crippen LogP contribution in [0.2, 0.25) is 0 Å². The number of hydrogen-bond donors (Lipinski definition) is 3. The standard InChI is InChI=1S/C28H24N4O5S/c1-31(2)19-6-8-20(9-7-19)32-25(24(30-28(32)38)21-5-3-4-12-29-21)23-11-10-22(37-23)16-13-17(26(33)34)15-18(14-16)27(35)36/h3-15,24-25H,1-2H3,(H,30,38)(H,33,34)(H,35,36)/t24-,25-/m0/s1. The van der Waals surface area contributed by atoms with Gasteiger partial charge in [-0.3, -0.25) is 4.98 Å². The van der Waals surface area contributed by atoms with Crippen molar-refractivity contribution in [3.63, 3.8) is 0 Å². The summed E-state index contributed by atoms with van der Waals surface area (Å²) in [5.74, 6) is -1.56. The molecule has 0 amide bonds. The molecule has 1 aliphatic heterocycles. The molecule has 5 rings (SSSR count). The van der Waals surface area contributed by atoms with E-state index in [1.54, 1.807) is 18.3 Å². The number of aromatic carboxylic acids is 2. The van der Waals surface area contributed by atoms with Crippen LogP contribution < -0.4 is 15.1 Å². The summed E-state index contributed by atoms with van der Waals surface area (Å²) < 4.78 is 6.27. The molecule has 3 heterocycles. The predicted molar refractivity (Wildman–Crippen MR) is 147 cm³/mol. The lowest BCUT2D eigenvalue weighted by Crippen LogP contribution is -2.29. The monoisotopic (exact) mass is 528 g/mol. The molecule has 4 aromatic rings. The van der Waals surface area contributed by atoms with Crippen LogP contribution in [0.4, 0.5) is 11.4 Å². The number of benzene rings is 2. The lowest BCUT2D eigenvalue weighted by atomic mass is 10.0. The predicted octanol–water partition coefficient (Wildman–Crippen LogP) is 4.98. The van der Waals surface area contributed by atoms with E-state index in [2.05, 4.69) is 10.3 Å². The number of carboxylic acid groups (broad SMARTS) is 2. The van der Waals surface area contributed by atoms with Gasteiger partial charge in [-0.15, -0.1) is 0 Å². The molecule has 192 valence electrons. The molecule has 0 unspecified atom stereocenters. The van der Waals surface area contributed by atoms with Crippen LogP contribution in [0, 0.1) is 0 Å². The highest BCUT2D eigenvalue weighted by Gasteiger charge is 2.42. The van der Waals surface area contributed by atoms with Crippen LogP contribution in [0.1, 0.15) is 44.3 Å². The van der Waals surface area contributed by atoms with E-state index >= 15 is 0 Å². The molecule has 0 spiro atoms. The molecule has 38 heavy (non-hydrogen) atoms. The van der Waals surface area contributed by atoms with Crippen LogP contribution in [-0.2, 0) is 0 Å². The Morgan fingerprint density at radius 1 is 0.974 bits per heavy atom. The maximum absolute atomic E-state index is 11.6. The first-order chi connectivity index (χ1) is 18.2. The highest BCUT2D eigenvalue weighted by atomic mass is 32.1. The maximum Gasteiger partial charge on any atom is 0.335 e. The summed E-state index contributed by atoms with van der Waals surface area (Å²) in [5, 5.41) is 22.8. The largest absolute Gasteiger partial charge is 0.478 e. The van der Waals surface area contributed by atoms with Gasteiger partial charge in [0.15, 0.2) is 5.11 Å². The fourth-order valence-electron chi connectivity index (χ4n) is 4.52. The average molecular weight is 529 g/mol. The van der Waals surface area contributed by atoms with E-state index in [1.165, 1.54) is 12.1 Å². The molecule has 9 nitrogen and oxygen atoms in total. The third kappa shape index (κ3) is 4.69. The van der Waals surface area contributed by atoms with Crippen molar-refractivity contribution in [1.82, 2.24) is 10.3 Å². The second-order valence-corrected chi connectivity index (χ2v) is 9.41. The van der Waals surface area contributed by atoms with Crippen LogP contribution in [0.5, 0.6) is 0 Å². The Morgan fingerprint density at radius 3 is 2.24 bits per heavy atom. The lowest BCUT2D eigenvalue weighted by Gasteiger charge is -2.26. The normalized spacial score (nSPS) is 16.8. The number of pyridine rings is 1. The third-order valence-corrected chi connectivity index (χ3v) is 6.69. The van der Waals surface area contributed by atoms with E-state index in [1.807, 2.05) is 66.4 Å². The van der Waals surface area contributed by atoms with Gasteiger partial charge < -0.3 is 29.7 Å². The zero-order valence-corrected chi connectivity index (χ0v) is 21.3. The topological polar surface area (TPSA) is 119 Å². The molecule has 0 aliphatic carbocycles. The second-order valence-electron chi connectivity index (χ2n) is 9.02. The molecule has 2 aromatic carbocycles. The molecule has 0 radical (unpaired) electrons. The lowest BCUT2D eigenvalue weighted by molar-refractivity contribution is 0.0696. The average Bonchev–Trinajstić information content (AvgIpc) is 3.53. The summed E-state index contributed by atoms with van der Waals surface area (Å²) in [4.78, 5) is 31.7. The Kier molecular flexibility index (Phi) is 6.56. The number of nitrogens with zero attached hydrogens (tertiary/aromatic N) is 3. The summed E-state index contributed by atoms with van der Waals surface area (Å²) in [6.07, 6.45) is 1.71. The first-order valence-electron chi connectivity index (χ1n) is 11.7.